The van der Waals surface area contributed by atoms with Crippen molar-refractivity contribution >= 4 is 40.1 Å². The van der Waals surface area contributed by atoms with E-state index in [0.29, 0.717) is 38.9 Å². The zero-order valence-electron chi connectivity index (χ0n) is 13.4. The summed E-state index contributed by atoms with van der Waals surface area (Å²) in [6.07, 6.45) is 1.38. The minimum Gasteiger partial charge on any atom is -0.470 e. The SMILES string of the molecule is Nc1ncnc2n[nH]c(-c3cccc(OC(Cl)c4ccccc4Cl)c3)c12. The fourth-order valence-corrected chi connectivity index (χ4v) is 3.24. The maximum atomic E-state index is 6.38. The van der Waals surface area contributed by atoms with Crippen LogP contribution >= 0.6 is 23.2 Å². The van der Waals surface area contributed by atoms with Gasteiger partial charge in [-0.2, -0.15) is 5.10 Å². The van der Waals surface area contributed by atoms with Crippen LogP contribution in [0.1, 0.15) is 11.1 Å². The predicted molar refractivity (Wildman–Crippen MR) is 102 cm³/mol. The largest absolute Gasteiger partial charge is 0.470 e. The van der Waals surface area contributed by atoms with Crippen molar-refractivity contribution in [1.29, 1.82) is 0 Å². The lowest BCUT2D eigenvalue weighted by Crippen LogP contribution is -2.01. The van der Waals surface area contributed by atoms with Gasteiger partial charge in [-0.25, -0.2) is 9.97 Å². The number of aromatic nitrogens is 4. The number of nitrogen functional groups attached to an aromatic ring is 1. The number of benzene rings is 2. The van der Waals surface area contributed by atoms with Crippen LogP contribution in [0.4, 0.5) is 5.82 Å². The van der Waals surface area contributed by atoms with E-state index in [9.17, 15) is 0 Å². The minimum atomic E-state index is -0.717. The summed E-state index contributed by atoms with van der Waals surface area (Å²) >= 11 is 12.6. The minimum absolute atomic E-state index is 0.358. The van der Waals surface area contributed by atoms with Crippen LogP contribution in [0, 0.1) is 0 Å². The first kappa shape index (κ1) is 16.6. The van der Waals surface area contributed by atoms with E-state index in [4.69, 9.17) is 33.7 Å². The van der Waals surface area contributed by atoms with E-state index >= 15 is 0 Å². The lowest BCUT2D eigenvalue weighted by Gasteiger charge is -2.15. The number of nitrogens with zero attached hydrogens (tertiary/aromatic N) is 3. The van der Waals surface area contributed by atoms with E-state index < -0.39 is 5.56 Å². The molecule has 0 radical (unpaired) electrons. The molecule has 2 aromatic heterocycles. The van der Waals surface area contributed by atoms with Crippen LogP contribution in [-0.2, 0) is 0 Å². The van der Waals surface area contributed by atoms with Crippen molar-refractivity contribution in [2.24, 2.45) is 0 Å². The van der Waals surface area contributed by atoms with Crippen LogP contribution in [-0.4, -0.2) is 20.2 Å². The topological polar surface area (TPSA) is 89.7 Å². The molecular weight excluding hydrogens is 373 g/mol. The molecule has 3 N–H and O–H groups in total. The average Bonchev–Trinajstić information content (AvgIpc) is 3.08. The number of hydrogen-bond donors (Lipinski definition) is 2. The van der Waals surface area contributed by atoms with Gasteiger partial charge in [0.1, 0.15) is 17.9 Å². The number of fused-ring (bicyclic) bond motifs is 1. The first-order valence-electron chi connectivity index (χ1n) is 7.73. The molecule has 0 aliphatic carbocycles. The number of halogens is 2. The Kier molecular flexibility index (Phi) is 4.36. The Labute approximate surface area is 158 Å². The van der Waals surface area contributed by atoms with Crippen molar-refractivity contribution in [2.75, 3.05) is 5.73 Å². The molecule has 130 valence electrons. The van der Waals surface area contributed by atoms with Crippen LogP contribution in [0.25, 0.3) is 22.3 Å². The van der Waals surface area contributed by atoms with E-state index in [1.807, 2.05) is 42.5 Å². The number of rotatable bonds is 4. The van der Waals surface area contributed by atoms with Gasteiger partial charge in [-0.1, -0.05) is 53.5 Å². The van der Waals surface area contributed by atoms with Gasteiger partial charge in [0.15, 0.2) is 11.2 Å². The Balaban J connectivity index is 1.68. The van der Waals surface area contributed by atoms with E-state index in [1.54, 1.807) is 6.07 Å². The van der Waals surface area contributed by atoms with Crippen molar-refractivity contribution in [1.82, 2.24) is 20.2 Å². The fraction of sp³-hybridized carbons (Fsp3) is 0.0556. The second-order valence-corrected chi connectivity index (χ2v) is 6.34. The normalized spacial score (nSPS) is 12.2. The molecule has 0 saturated heterocycles. The molecular formula is C18H13Cl2N5O. The Morgan fingerprint density at radius 1 is 1.08 bits per heavy atom. The number of ether oxygens (including phenoxy) is 1. The summed E-state index contributed by atoms with van der Waals surface area (Å²) in [4.78, 5) is 8.13. The van der Waals surface area contributed by atoms with Crippen LogP contribution in [0.3, 0.4) is 0 Å². The van der Waals surface area contributed by atoms with Crippen molar-refractivity contribution in [3.63, 3.8) is 0 Å². The van der Waals surface area contributed by atoms with Crippen LogP contribution in [0.2, 0.25) is 5.02 Å². The zero-order valence-corrected chi connectivity index (χ0v) is 14.9. The second-order valence-electron chi connectivity index (χ2n) is 5.54. The molecule has 0 aliphatic rings. The van der Waals surface area contributed by atoms with Crippen LogP contribution < -0.4 is 10.5 Å². The molecule has 4 aromatic rings. The third-order valence-corrected chi connectivity index (χ3v) is 4.56. The molecule has 8 heteroatoms. The molecule has 26 heavy (non-hydrogen) atoms. The maximum Gasteiger partial charge on any atom is 0.199 e. The highest BCUT2D eigenvalue weighted by atomic mass is 35.5. The maximum absolute atomic E-state index is 6.38. The number of alkyl halides is 1. The summed E-state index contributed by atoms with van der Waals surface area (Å²) in [6, 6.07) is 14.7. The summed E-state index contributed by atoms with van der Waals surface area (Å²) in [6.45, 7) is 0. The number of nitrogens with two attached hydrogens (primary N) is 1. The average molecular weight is 386 g/mol. The van der Waals surface area contributed by atoms with Crippen LogP contribution in [0.15, 0.2) is 54.9 Å². The van der Waals surface area contributed by atoms with Gasteiger partial charge in [-0.15, -0.1) is 0 Å². The molecule has 0 amide bonds. The van der Waals surface area contributed by atoms with Gasteiger partial charge in [-0.3, -0.25) is 5.10 Å². The Morgan fingerprint density at radius 3 is 2.77 bits per heavy atom. The Morgan fingerprint density at radius 2 is 1.92 bits per heavy atom. The summed E-state index contributed by atoms with van der Waals surface area (Å²) < 4.78 is 5.85. The molecule has 6 nitrogen and oxygen atoms in total. The number of aromatic amines is 1. The molecule has 4 rings (SSSR count). The summed E-state index contributed by atoms with van der Waals surface area (Å²) in [7, 11) is 0. The Bertz CT molecular complexity index is 1080. The highest BCUT2D eigenvalue weighted by molar-refractivity contribution is 6.32. The van der Waals surface area contributed by atoms with Gasteiger partial charge in [0, 0.05) is 16.1 Å². The molecule has 0 bridgehead atoms. The first-order valence-corrected chi connectivity index (χ1v) is 8.55. The summed E-state index contributed by atoms with van der Waals surface area (Å²) in [5.41, 5.74) is 8.00. The molecule has 2 heterocycles. The van der Waals surface area contributed by atoms with Crippen molar-refractivity contribution in [2.45, 2.75) is 5.56 Å². The molecule has 0 fully saturated rings. The number of anilines is 1. The molecule has 1 atom stereocenters. The fourth-order valence-electron chi connectivity index (χ4n) is 2.65. The number of nitrogens with one attached hydrogen (secondary N) is 1. The standard InChI is InChI=1S/C18H13Cl2N5O/c19-13-7-2-1-6-12(13)16(20)26-11-5-3-4-10(8-11)15-14-17(21)22-9-23-18(14)25-24-15/h1-9,16H,(H3,21,22,23,24,25). The lowest BCUT2D eigenvalue weighted by atomic mass is 10.1. The van der Waals surface area contributed by atoms with Crippen molar-refractivity contribution in [3.8, 4) is 17.0 Å². The van der Waals surface area contributed by atoms with E-state index in [0.717, 1.165) is 5.56 Å². The van der Waals surface area contributed by atoms with E-state index in [2.05, 4.69) is 20.2 Å². The Hall–Kier alpha value is -2.83. The van der Waals surface area contributed by atoms with Crippen molar-refractivity contribution < 1.29 is 4.74 Å². The highest BCUT2D eigenvalue weighted by Gasteiger charge is 2.16. The smallest absolute Gasteiger partial charge is 0.199 e. The molecule has 2 aromatic carbocycles. The lowest BCUT2D eigenvalue weighted by molar-refractivity contribution is 0.288. The monoisotopic (exact) mass is 385 g/mol. The summed E-state index contributed by atoms with van der Waals surface area (Å²) in [5.74, 6) is 0.942. The number of H-pyrrole nitrogens is 1. The predicted octanol–water partition coefficient (Wildman–Crippen LogP) is 4.57. The third-order valence-electron chi connectivity index (χ3n) is 3.89. The zero-order chi connectivity index (χ0) is 18.1. The van der Waals surface area contributed by atoms with Gasteiger partial charge < -0.3 is 10.5 Å². The molecule has 0 aliphatic heterocycles. The van der Waals surface area contributed by atoms with Gasteiger partial charge in [0.2, 0.25) is 0 Å². The number of hydrogen-bond acceptors (Lipinski definition) is 5. The van der Waals surface area contributed by atoms with Gasteiger partial charge in [0.25, 0.3) is 0 Å². The van der Waals surface area contributed by atoms with Gasteiger partial charge >= 0.3 is 0 Å². The molecule has 0 saturated carbocycles. The van der Waals surface area contributed by atoms with E-state index in [1.165, 1.54) is 6.33 Å². The second kappa shape index (κ2) is 6.82. The van der Waals surface area contributed by atoms with E-state index in [-0.39, 0.29) is 0 Å². The van der Waals surface area contributed by atoms with Crippen LogP contribution in [0.5, 0.6) is 5.75 Å². The summed E-state index contributed by atoms with van der Waals surface area (Å²) in [5, 5.41) is 8.33. The van der Waals surface area contributed by atoms with Gasteiger partial charge in [-0.05, 0) is 18.2 Å². The van der Waals surface area contributed by atoms with Crippen molar-refractivity contribution in [3.05, 3.63) is 65.4 Å². The third kappa shape index (κ3) is 3.05. The van der Waals surface area contributed by atoms with Gasteiger partial charge in [0.05, 0.1) is 11.1 Å². The first-order chi connectivity index (χ1) is 12.6. The molecule has 0 spiro atoms. The molecule has 1 unspecified atom stereocenters. The highest BCUT2D eigenvalue weighted by Crippen LogP contribution is 2.34. The quantitative estimate of drug-likeness (QED) is 0.502.